The zero-order valence-electron chi connectivity index (χ0n) is 17.2. The first-order valence-electron chi connectivity index (χ1n) is 10.5. The molecule has 2 rings (SSSR count). The Hall–Kier alpha value is -2.43. The van der Waals surface area contributed by atoms with Gasteiger partial charge in [-0.1, -0.05) is 38.3 Å². The Labute approximate surface area is 172 Å². The average Bonchev–Trinajstić information content (AvgIpc) is 3.31. The summed E-state index contributed by atoms with van der Waals surface area (Å²) in [6.45, 7) is 2.13. The number of unbranched alkanes of at least 4 members (excludes halogenated alkanes) is 3. The lowest BCUT2D eigenvalue weighted by molar-refractivity contribution is -0.137. The van der Waals surface area contributed by atoms with Gasteiger partial charge in [0.2, 0.25) is 0 Å². The molecule has 1 aromatic rings. The first-order valence-corrected chi connectivity index (χ1v) is 10.5. The minimum atomic E-state index is -0.791. The summed E-state index contributed by atoms with van der Waals surface area (Å²) >= 11 is 0. The summed E-state index contributed by atoms with van der Waals surface area (Å²) in [4.78, 5) is 27.3. The molecule has 29 heavy (non-hydrogen) atoms. The van der Waals surface area contributed by atoms with E-state index < -0.39 is 12.1 Å². The maximum absolute atomic E-state index is 12.7. The number of nitrogens with zero attached hydrogens (tertiary/aromatic N) is 2. The highest BCUT2D eigenvalue weighted by atomic mass is 16.4. The molecule has 3 atom stereocenters. The van der Waals surface area contributed by atoms with E-state index in [4.69, 9.17) is 5.11 Å². The second-order valence-corrected chi connectivity index (χ2v) is 7.57. The van der Waals surface area contributed by atoms with Crippen molar-refractivity contribution in [3.05, 3.63) is 48.3 Å². The topological polar surface area (TPSA) is 92.4 Å². The Bertz CT molecular complexity index is 745. The number of carbonyl (C=O) groups is 2. The summed E-state index contributed by atoms with van der Waals surface area (Å²) in [5, 5.41) is 18.9. The van der Waals surface area contributed by atoms with E-state index in [9.17, 15) is 14.7 Å². The van der Waals surface area contributed by atoms with Gasteiger partial charge >= 0.3 is 5.97 Å². The maximum Gasteiger partial charge on any atom is 0.303 e. The molecular weight excluding hydrogens is 368 g/mol. The van der Waals surface area contributed by atoms with Gasteiger partial charge in [-0.05, 0) is 31.8 Å². The van der Waals surface area contributed by atoms with Crippen LogP contribution in [0.4, 0.5) is 0 Å². The van der Waals surface area contributed by atoms with Gasteiger partial charge in [0.1, 0.15) is 5.78 Å². The summed E-state index contributed by atoms with van der Waals surface area (Å²) in [6, 6.07) is -0.116. The number of ketones is 1. The molecule has 0 spiro atoms. The van der Waals surface area contributed by atoms with E-state index in [2.05, 4.69) is 17.6 Å². The van der Waals surface area contributed by atoms with Crippen molar-refractivity contribution in [1.29, 1.82) is 0 Å². The molecular formula is C23H32N2O4. The molecule has 1 saturated carbocycles. The quantitative estimate of drug-likeness (QED) is 0.311. The fourth-order valence-corrected chi connectivity index (χ4v) is 3.62. The Morgan fingerprint density at radius 1 is 1.38 bits per heavy atom. The molecule has 1 aliphatic rings. The predicted octanol–water partition coefficient (Wildman–Crippen LogP) is 4.24. The van der Waals surface area contributed by atoms with Crippen LogP contribution in [-0.4, -0.2) is 37.6 Å². The Balaban J connectivity index is 2.10. The third kappa shape index (κ3) is 7.48. The van der Waals surface area contributed by atoms with Crippen LogP contribution in [0.2, 0.25) is 0 Å². The Morgan fingerprint density at radius 2 is 2.21 bits per heavy atom. The monoisotopic (exact) mass is 400 g/mol. The van der Waals surface area contributed by atoms with Crippen LogP contribution in [0.25, 0.3) is 0 Å². The number of aliphatic hydroxyl groups is 1. The molecule has 0 aliphatic heterocycles. The average molecular weight is 401 g/mol. The smallest absolute Gasteiger partial charge is 0.303 e. The van der Waals surface area contributed by atoms with Crippen LogP contribution < -0.4 is 0 Å². The van der Waals surface area contributed by atoms with Crippen LogP contribution in [0, 0.1) is 5.92 Å². The Morgan fingerprint density at radius 3 is 2.90 bits per heavy atom. The zero-order chi connectivity index (χ0) is 21.1. The predicted molar refractivity (Wildman–Crippen MR) is 111 cm³/mol. The van der Waals surface area contributed by atoms with Gasteiger partial charge in [-0.2, -0.15) is 0 Å². The lowest BCUT2D eigenvalue weighted by atomic mass is 9.96. The van der Waals surface area contributed by atoms with Gasteiger partial charge in [-0.25, -0.2) is 4.98 Å². The number of imidazole rings is 1. The molecule has 6 nitrogen and oxygen atoms in total. The third-order valence-corrected chi connectivity index (χ3v) is 5.25. The Kier molecular flexibility index (Phi) is 9.62. The van der Waals surface area contributed by atoms with E-state index in [1.807, 2.05) is 22.9 Å². The molecule has 0 aromatic carbocycles. The number of allylic oxidation sites excluding steroid dienone is 2. The maximum atomic E-state index is 12.7. The molecule has 158 valence electrons. The summed E-state index contributed by atoms with van der Waals surface area (Å²) in [7, 11) is 0. The van der Waals surface area contributed by atoms with Gasteiger partial charge in [0.25, 0.3) is 0 Å². The summed E-state index contributed by atoms with van der Waals surface area (Å²) in [6.07, 6.45) is 16.6. The van der Waals surface area contributed by atoms with Gasteiger partial charge in [-0.15, -0.1) is 5.73 Å². The van der Waals surface area contributed by atoms with E-state index in [1.54, 1.807) is 18.6 Å². The van der Waals surface area contributed by atoms with Crippen LogP contribution in [0.5, 0.6) is 0 Å². The van der Waals surface area contributed by atoms with Crippen LogP contribution in [0.3, 0.4) is 0 Å². The number of hydrogen-bond donors (Lipinski definition) is 2. The van der Waals surface area contributed by atoms with Crippen molar-refractivity contribution in [2.75, 3.05) is 0 Å². The molecule has 0 radical (unpaired) electrons. The number of carbonyl (C=O) groups excluding carboxylic acids is 1. The highest BCUT2D eigenvalue weighted by Crippen LogP contribution is 2.38. The molecule has 0 amide bonds. The first-order chi connectivity index (χ1) is 14.0. The van der Waals surface area contributed by atoms with Crippen molar-refractivity contribution in [1.82, 2.24) is 9.55 Å². The van der Waals surface area contributed by atoms with E-state index >= 15 is 0 Å². The normalized spacial score (nSPS) is 20.2. The van der Waals surface area contributed by atoms with Gasteiger partial charge in [0.05, 0.1) is 24.4 Å². The van der Waals surface area contributed by atoms with E-state index in [0.29, 0.717) is 32.1 Å². The number of carboxylic acid groups (broad SMARTS) is 1. The molecule has 1 heterocycles. The molecule has 1 aromatic heterocycles. The largest absolute Gasteiger partial charge is 0.481 e. The fourth-order valence-electron chi connectivity index (χ4n) is 3.62. The van der Waals surface area contributed by atoms with E-state index in [-0.39, 0.29) is 24.2 Å². The molecule has 1 unspecified atom stereocenters. The van der Waals surface area contributed by atoms with E-state index in [1.165, 1.54) is 0 Å². The summed E-state index contributed by atoms with van der Waals surface area (Å²) < 4.78 is 1.92. The second-order valence-electron chi connectivity index (χ2n) is 7.57. The molecule has 6 heteroatoms. The minimum Gasteiger partial charge on any atom is -0.481 e. The highest BCUT2D eigenvalue weighted by Gasteiger charge is 2.37. The number of rotatable bonds is 12. The first kappa shape index (κ1) is 22.9. The zero-order valence-corrected chi connectivity index (χ0v) is 17.2. The summed E-state index contributed by atoms with van der Waals surface area (Å²) in [5.74, 6) is -0.895. The van der Waals surface area contributed by atoms with Crippen molar-refractivity contribution in [2.24, 2.45) is 5.92 Å². The second kappa shape index (κ2) is 12.2. The van der Waals surface area contributed by atoms with Gasteiger partial charge in [0.15, 0.2) is 0 Å². The van der Waals surface area contributed by atoms with Crippen molar-refractivity contribution >= 4 is 11.8 Å². The van der Waals surface area contributed by atoms with Gasteiger partial charge < -0.3 is 14.8 Å². The molecule has 1 fully saturated rings. The van der Waals surface area contributed by atoms with Crippen LogP contribution in [-0.2, 0) is 9.59 Å². The number of aliphatic hydroxyl groups excluding tert-OH is 1. The number of Topliss-reactive ketones (excluding diaryl/α,β-unsaturated/α-hetero) is 1. The fraction of sp³-hybridized carbons (Fsp3) is 0.565. The van der Waals surface area contributed by atoms with Crippen LogP contribution >= 0.6 is 0 Å². The third-order valence-electron chi connectivity index (χ3n) is 5.25. The molecule has 2 N–H and O–H groups in total. The van der Waals surface area contributed by atoms with Crippen molar-refractivity contribution in [3.8, 4) is 0 Å². The van der Waals surface area contributed by atoms with Gasteiger partial charge in [0, 0.05) is 30.8 Å². The molecule has 0 saturated heterocycles. The number of aliphatic carboxylic acids is 1. The van der Waals surface area contributed by atoms with Crippen LogP contribution in [0.15, 0.2) is 48.3 Å². The van der Waals surface area contributed by atoms with Crippen LogP contribution in [0.1, 0.15) is 70.8 Å². The minimum absolute atomic E-state index is 0.116. The van der Waals surface area contributed by atoms with E-state index in [0.717, 1.165) is 24.8 Å². The lowest BCUT2D eigenvalue weighted by Gasteiger charge is -2.14. The highest BCUT2D eigenvalue weighted by molar-refractivity contribution is 5.88. The van der Waals surface area contributed by atoms with Crippen molar-refractivity contribution in [2.45, 2.75) is 76.9 Å². The van der Waals surface area contributed by atoms with Crippen molar-refractivity contribution < 1.29 is 19.8 Å². The van der Waals surface area contributed by atoms with Gasteiger partial charge in [-0.3, -0.25) is 9.59 Å². The number of aromatic nitrogens is 2. The number of hydrogen-bond acceptors (Lipinski definition) is 4. The molecule has 1 aliphatic carbocycles. The standard InChI is InChI=1S/C23H32N2O4/c1-2-3-6-9-18(26)12-13-19-20(10-7-4-5-8-11-23(28)29)22(27)16-21(19)25-15-14-24-17-25/h4,7,12,14-15,17-18,20-21,26H,2-3,5-6,8-11,16H2,1H3,(H,28,29)/b7-4-/t13?,18-,20+,21?/m1/s1. The number of carboxylic acids is 1. The molecule has 0 bridgehead atoms. The lowest BCUT2D eigenvalue weighted by Crippen LogP contribution is -2.09. The SMILES string of the molecule is CCCCC[C@@H](O)C=C=C1C(n2ccnc2)CC(=O)[C@H]1C/C=C\CCCC(=O)O. The summed E-state index contributed by atoms with van der Waals surface area (Å²) in [5.41, 5.74) is 4.14. The van der Waals surface area contributed by atoms with Crippen molar-refractivity contribution in [3.63, 3.8) is 0 Å².